The second kappa shape index (κ2) is 10.1. The van der Waals surface area contributed by atoms with E-state index in [2.05, 4.69) is 9.80 Å². The van der Waals surface area contributed by atoms with E-state index in [4.69, 9.17) is 9.47 Å². The predicted octanol–water partition coefficient (Wildman–Crippen LogP) is 2.42. The van der Waals surface area contributed by atoms with Crippen LogP contribution in [0.3, 0.4) is 0 Å². The Morgan fingerprint density at radius 2 is 1.72 bits per heavy atom. The van der Waals surface area contributed by atoms with Crippen LogP contribution in [0, 0.1) is 0 Å². The van der Waals surface area contributed by atoms with Gasteiger partial charge in [0.15, 0.2) is 6.29 Å². The third kappa shape index (κ3) is 5.06. The van der Waals surface area contributed by atoms with Crippen LogP contribution >= 0.6 is 0 Å². The Kier molecular flexibility index (Phi) is 7.17. The topological polar surface area (TPSA) is 65.5 Å². The summed E-state index contributed by atoms with van der Waals surface area (Å²) in [6.07, 6.45) is -3.89. The molecule has 1 spiro atoms. The van der Waals surface area contributed by atoms with E-state index in [-0.39, 0.29) is 12.5 Å². The van der Waals surface area contributed by atoms with E-state index in [0.717, 1.165) is 70.2 Å². The fourth-order valence-corrected chi connectivity index (χ4v) is 5.89. The van der Waals surface area contributed by atoms with E-state index in [0.29, 0.717) is 42.5 Å². The first-order chi connectivity index (χ1) is 17.2. The smallest absolute Gasteiger partial charge is 0.379 e. The summed E-state index contributed by atoms with van der Waals surface area (Å²) in [7, 11) is 0. The van der Waals surface area contributed by atoms with Crippen LogP contribution in [0.2, 0.25) is 0 Å². The number of aliphatic hydroxyl groups is 1. The second-order valence-electron chi connectivity index (χ2n) is 10.3. The molecule has 0 aromatic heterocycles. The average molecular weight is 510 g/mol. The molecule has 10 heteroatoms. The van der Waals surface area contributed by atoms with Crippen LogP contribution in [0.15, 0.2) is 29.3 Å². The van der Waals surface area contributed by atoms with E-state index in [1.807, 2.05) is 0 Å². The van der Waals surface area contributed by atoms with Gasteiger partial charge in [0.1, 0.15) is 5.60 Å². The average Bonchev–Trinajstić information content (AvgIpc) is 3.11. The van der Waals surface area contributed by atoms with E-state index in [9.17, 15) is 23.1 Å². The molecular formula is C26H34F3N3O4. The summed E-state index contributed by atoms with van der Waals surface area (Å²) in [5, 5.41) is 10.5. The molecule has 0 saturated carbocycles. The van der Waals surface area contributed by atoms with Crippen molar-refractivity contribution in [3.63, 3.8) is 0 Å². The van der Waals surface area contributed by atoms with Gasteiger partial charge < -0.3 is 24.4 Å². The van der Waals surface area contributed by atoms with Crippen molar-refractivity contribution in [1.82, 2.24) is 14.7 Å². The Bertz CT molecular complexity index is 1010. The van der Waals surface area contributed by atoms with Crippen molar-refractivity contribution in [2.75, 3.05) is 59.0 Å². The summed E-state index contributed by atoms with van der Waals surface area (Å²) in [4.78, 5) is 20.1. The fraction of sp³-hybridized carbons (Fsp3) is 0.654. The van der Waals surface area contributed by atoms with Gasteiger partial charge in [-0.05, 0) is 55.0 Å². The third-order valence-electron chi connectivity index (χ3n) is 8.10. The number of likely N-dealkylation sites (tertiary alicyclic amines) is 1. The Labute approximate surface area is 209 Å². The molecule has 0 radical (unpaired) electrons. The number of halogens is 3. The Hall–Kier alpha value is -1.98. The molecule has 4 aliphatic heterocycles. The number of benzene rings is 1. The SMILES string of the molecule is CC1=C(C(=O)N2CCc3ccc(C(F)(F)F)cc3C2)C2(CCN(CCN3CCOCC3)CC2)OC1O. The number of hydrogen-bond donors (Lipinski definition) is 1. The standard InChI is InChI=1S/C26H34F3N3O4/c1-18-22(23(33)32-7-4-19-2-3-21(26(27,28)29)16-20(19)17-32)25(36-24(18)34)5-8-30(9-6-25)10-11-31-12-14-35-15-13-31/h2-3,16,24,34H,4-15,17H2,1H3. The van der Waals surface area contributed by atoms with Gasteiger partial charge in [0, 0.05) is 52.4 Å². The van der Waals surface area contributed by atoms with E-state index in [1.165, 1.54) is 6.07 Å². The lowest BCUT2D eigenvalue weighted by molar-refractivity contribution is -0.153. The zero-order valence-electron chi connectivity index (χ0n) is 20.6. The molecule has 2 saturated heterocycles. The monoisotopic (exact) mass is 509 g/mol. The molecule has 4 heterocycles. The number of morpholine rings is 1. The number of fused-ring (bicyclic) bond motifs is 1. The minimum Gasteiger partial charge on any atom is -0.379 e. The lowest BCUT2D eigenvalue weighted by Gasteiger charge is -2.42. The number of alkyl halides is 3. The first-order valence-electron chi connectivity index (χ1n) is 12.7. The number of aliphatic hydroxyl groups excluding tert-OH is 1. The molecule has 0 bridgehead atoms. The number of hydrogen-bond acceptors (Lipinski definition) is 6. The lowest BCUT2D eigenvalue weighted by Crippen LogP contribution is -2.51. The molecule has 0 aliphatic carbocycles. The van der Waals surface area contributed by atoms with Crippen LogP contribution in [0.5, 0.6) is 0 Å². The summed E-state index contributed by atoms with van der Waals surface area (Å²) in [5.74, 6) is -0.242. The third-order valence-corrected chi connectivity index (χ3v) is 8.10. The lowest BCUT2D eigenvalue weighted by atomic mass is 9.82. The minimum absolute atomic E-state index is 0.118. The Morgan fingerprint density at radius 1 is 1.06 bits per heavy atom. The van der Waals surface area contributed by atoms with Gasteiger partial charge >= 0.3 is 6.18 Å². The van der Waals surface area contributed by atoms with Crippen molar-refractivity contribution in [3.8, 4) is 0 Å². The van der Waals surface area contributed by atoms with Crippen molar-refractivity contribution < 1.29 is 32.5 Å². The summed E-state index contributed by atoms with van der Waals surface area (Å²) < 4.78 is 51.2. The largest absolute Gasteiger partial charge is 0.416 e. The molecule has 1 aromatic carbocycles. The van der Waals surface area contributed by atoms with Gasteiger partial charge in [-0.1, -0.05) is 6.07 Å². The van der Waals surface area contributed by atoms with Crippen molar-refractivity contribution in [2.24, 2.45) is 0 Å². The zero-order chi connectivity index (χ0) is 25.5. The normalized spacial score (nSPS) is 25.5. The summed E-state index contributed by atoms with van der Waals surface area (Å²) in [5.41, 5.74) is 0.795. The highest BCUT2D eigenvalue weighted by molar-refractivity contribution is 5.97. The number of nitrogens with zero attached hydrogens (tertiary/aromatic N) is 3. The molecule has 7 nitrogen and oxygen atoms in total. The van der Waals surface area contributed by atoms with Gasteiger partial charge in [0.05, 0.1) is 24.4 Å². The maximum atomic E-state index is 13.8. The second-order valence-corrected chi connectivity index (χ2v) is 10.3. The number of piperidine rings is 1. The summed E-state index contributed by atoms with van der Waals surface area (Å²) >= 11 is 0. The minimum atomic E-state index is -4.43. The number of carbonyl (C=O) groups excluding carboxylic acids is 1. The zero-order valence-corrected chi connectivity index (χ0v) is 20.6. The maximum Gasteiger partial charge on any atom is 0.416 e. The van der Waals surface area contributed by atoms with Crippen LogP contribution < -0.4 is 0 Å². The molecule has 198 valence electrons. The first-order valence-corrected chi connectivity index (χ1v) is 12.7. The van der Waals surface area contributed by atoms with E-state index < -0.39 is 23.6 Å². The molecule has 1 amide bonds. The number of carbonyl (C=O) groups is 1. The van der Waals surface area contributed by atoms with Crippen LogP contribution in [-0.4, -0.2) is 96.6 Å². The quantitative estimate of drug-likeness (QED) is 0.673. The van der Waals surface area contributed by atoms with Crippen molar-refractivity contribution in [2.45, 2.75) is 50.8 Å². The Balaban J connectivity index is 1.27. The molecular weight excluding hydrogens is 475 g/mol. The molecule has 1 unspecified atom stereocenters. The highest BCUT2D eigenvalue weighted by atomic mass is 19.4. The first kappa shape index (κ1) is 25.7. The number of rotatable bonds is 4. The maximum absolute atomic E-state index is 13.8. The molecule has 5 rings (SSSR count). The molecule has 2 fully saturated rings. The molecule has 1 atom stereocenters. The highest BCUT2D eigenvalue weighted by Crippen LogP contribution is 2.44. The van der Waals surface area contributed by atoms with Gasteiger partial charge in [-0.15, -0.1) is 0 Å². The van der Waals surface area contributed by atoms with E-state index in [1.54, 1.807) is 11.8 Å². The number of ether oxygens (including phenoxy) is 2. The van der Waals surface area contributed by atoms with E-state index >= 15 is 0 Å². The van der Waals surface area contributed by atoms with Gasteiger partial charge in [0.2, 0.25) is 0 Å². The van der Waals surface area contributed by atoms with Crippen LogP contribution in [0.4, 0.5) is 13.2 Å². The van der Waals surface area contributed by atoms with Gasteiger partial charge in [0.25, 0.3) is 5.91 Å². The Morgan fingerprint density at radius 3 is 2.39 bits per heavy atom. The van der Waals surface area contributed by atoms with Crippen molar-refractivity contribution in [1.29, 1.82) is 0 Å². The van der Waals surface area contributed by atoms with Gasteiger partial charge in [-0.25, -0.2) is 0 Å². The highest BCUT2D eigenvalue weighted by Gasteiger charge is 2.50. The molecule has 1 aromatic rings. The molecule has 4 aliphatic rings. The van der Waals surface area contributed by atoms with Gasteiger partial charge in [-0.2, -0.15) is 13.2 Å². The molecule has 36 heavy (non-hydrogen) atoms. The summed E-state index contributed by atoms with van der Waals surface area (Å²) in [6, 6.07) is 3.77. The molecule has 1 N–H and O–H groups in total. The fourth-order valence-electron chi connectivity index (χ4n) is 5.89. The van der Waals surface area contributed by atoms with Crippen LogP contribution in [0.25, 0.3) is 0 Å². The van der Waals surface area contributed by atoms with Crippen molar-refractivity contribution >= 4 is 5.91 Å². The van der Waals surface area contributed by atoms with Gasteiger partial charge in [-0.3, -0.25) is 9.69 Å². The van der Waals surface area contributed by atoms with Crippen molar-refractivity contribution in [3.05, 3.63) is 46.0 Å². The van der Waals surface area contributed by atoms with Crippen LogP contribution in [-0.2, 0) is 33.4 Å². The summed E-state index contributed by atoms with van der Waals surface area (Å²) in [6.45, 7) is 9.07. The number of amides is 1. The predicted molar refractivity (Wildman–Crippen MR) is 126 cm³/mol. The van der Waals surface area contributed by atoms with Crippen LogP contribution in [0.1, 0.15) is 36.5 Å².